The van der Waals surface area contributed by atoms with Gasteiger partial charge in [0.1, 0.15) is 0 Å². The molecule has 0 aliphatic rings. The third kappa shape index (κ3) is 5.18. The molecule has 94 valence electrons. The van der Waals surface area contributed by atoms with E-state index in [-0.39, 0.29) is 11.8 Å². The summed E-state index contributed by atoms with van der Waals surface area (Å²) >= 11 is 8.10. The minimum absolute atomic E-state index is 0.113. The Morgan fingerprint density at radius 2 is 2.06 bits per heavy atom. The molecule has 2 amide bonds. The van der Waals surface area contributed by atoms with Gasteiger partial charge < -0.3 is 11.1 Å². The molecule has 4 nitrogen and oxygen atoms in total. The molecule has 1 aromatic heterocycles. The second-order valence-electron chi connectivity index (χ2n) is 3.42. The molecule has 0 unspecified atom stereocenters. The van der Waals surface area contributed by atoms with Crippen LogP contribution in [0.2, 0.25) is 0 Å². The number of thiophene rings is 1. The largest absolute Gasteiger partial charge is 0.370 e. The number of primary amides is 1. The number of nitrogens with two attached hydrogens (primary N) is 1. The summed E-state index contributed by atoms with van der Waals surface area (Å²) < 4.78 is 1.71. The van der Waals surface area contributed by atoms with Gasteiger partial charge in [0, 0.05) is 13.0 Å². The van der Waals surface area contributed by atoms with Crippen molar-refractivity contribution in [3.63, 3.8) is 0 Å². The maximum absolute atomic E-state index is 11.7. The van der Waals surface area contributed by atoms with E-state index >= 15 is 0 Å². The first kappa shape index (κ1) is 14.7. The van der Waals surface area contributed by atoms with Crippen LogP contribution in [0.1, 0.15) is 29.6 Å². The summed E-state index contributed by atoms with van der Waals surface area (Å²) in [5.74, 6) is -0.418. The van der Waals surface area contributed by atoms with E-state index in [9.17, 15) is 9.59 Å². The Morgan fingerprint density at radius 1 is 1.35 bits per heavy atom. The molecule has 0 atom stereocenters. The Hall–Kier alpha value is -0.400. The molecule has 0 fully saturated rings. The zero-order valence-electron chi connectivity index (χ0n) is 8.96. The molecule has 0 radical (unpaired) electrons. The van der Waals surface area contributed by atoms with Gasteiger partial charge in [0.2, 0.25) is 5.91 Å². The van der Waals surface area contributed by atoms with Gasteiger partial charge in [-0.05, 0) is 50.8 Å². The van der Waals surface area contributed by atoms with Gasteiger partial charge in [0.15, 0.2) is 0 Å². The standard InChI is InChI=1S/C10H12Br2N2O2S/c11-7-5-6(9(12)17-7)10(16)14-4-2-1-3-8(13)15/h5H,1-4H2,(H2,13,15)(H,14,16). The van der Waals surface area contributed by atoms with Crippen molar-refractivity contribution in [2.24, 2.45) is 5.73 Å². The first-order valence-electron chi connectivity index (χ1n) is 5.02. The van der Waals surface area contributed by atoms with Crippen LogP contribution in [0.5, 0.6) is 0 Å². The maximum atomic E-state index is 11.7. The van der Waals surface area contributed by atoms with Crippen molar-refractivity contribution < 1.29 is 9.59 Å². The SMILES string of the molecule is NC(=O)CCCCNC(=O)c1cc(Br)sc1Br. The predicted molar refractivity (Wildman–Crippen MR) is 75.1 cm³/mol. The van der Waals surface area contributed by atoms with E-state index in [1.54, 1.807) is 6.07 Å². The maximum Gasteiger partial charge on any atom is 0.253 e. The van der Waals surface area contributed by atoms with E-state index in [1.165, 1.54) is 11.3 Å². The molecule has 0 aliphatic carbocycles. The van der Waals surface area contributed by atoms with Gasteiger partial charge in [-0.25, -0.2) is 0 Å². The lowest BCUT2D eigenvalue weighted by Gasteiger charge is -2.03. The van der Waals surface area contributed by atoms with Crippen LogP contribution in [0.4, 0.5) is 0 Å². The van der Waals surface area contributed by atoms with Crippen molar-refractivity contribution in [3.8, 4) is 0 Å². The van der Waals surface area contributed by atoms with E-state index < -0.39 is 0 Å². The van der Waals surface area contributed by atoms with Crippen LogP contribution in [0.3, 0.4) is 0 Å². The van der Waals surface area contributed by atoms with Crippen LogP contribution < -0.4 is 11.1 Å². The number of rotatable bonds is 6. The third-order valence-corrected chi connectivity index (χ3v) is 4.38. The molecule has 0 aromatic carbocycles. The fraction of sp³-hybridized carbons (Fsp3) is 0.400. The first-order chi connectivity index (χ1) is 8.00. The molecule has 0 saturated heterocycles. The molecule has 1 aromatic rings. The first-order valence-corrected chi connectivity index (χ1v) is 7.42. The monoisotopic (exact) mass is 382 g/mol. The number of unbranched alkanes of at least 4 members (excludes halogenated alkanes) is 1. The molecule has 7 heteroatoms. The fourth-order valence-corrected chi connectivity index (χ4v) is 4.01. The van der Waals surface area contributed by atoms with Crippen molar-refractivity contribution in [1.29, 1.82) is 0 Å². The molecule has 1 heterocycles. The Kier molecular flexibility index (Phi) is 6.15. The fourth-order valence-electron chi connectivity index (χ4n) is 1.22. The van der Waals surface area contributed by atoms with Crippen LogP contribution in [-0.2, 0) is 4.79 Å². The number of carbonyl (C=O) groups is 2. The summed E-state index contributed by atoms with van der Waals surface area (Å²) in [7, 11) is 0. The summed E-state index contributed by atoms with van der Waals surface area (Å²) in [6.07, 6.45) is 1.81. The molecule has 17 heavy (non-hydrogen) atoms. The van der Waals surface area contributed by atoms with Gasteiger partial charge in [0.25, 0.3) is 5.91 Å². The molecule has 0 saturated carbocycles. The highest BCUT2D eigenvalue weighted by molar-refractivity contribution is 9.12. The van der Waals surface area contributed by atoms with Crippen LogP contribution >= 0.6 is 43.2 Å². The van der Waals surface area contributed by atoms with Crippen LogP contribution in [0.25, 0.3) is 0 Å². The highest BCUT2D eigenvalue weighted by atomic mass is 79.9. The molecule has 0 bridgehead atoms. The van der Waals surface area contributed by atoms with E-state index in [4.69, 9.17) is 5.73 Å². The summed E-state index contributed by atoms with van der Waals surface area (Å²) in [6, 6.07) is 1.77. The predicted octanol–water partition coefficient (Wildman–Crippen LogP) is 2.66. The van der Waals surface area contributed by atoms with Gasteiger partial charge in [0.05, 0.1) is 13.1 Å². The molecule has 0 aliphatic heterocycles. The number of carbonyl (C=O) groups excluding carboxylic acids is 2. The normalized spacial score (nSPS) is 10.2. The smallest absolute Gasteiger partial charge is 0.253 e. The van der Waals surface area contributed by atoms with Crippen LogP contribution in [0.15, 0.2) is 13.6 Å². The quantitative estimate of drug-likeness (QED) is 0.741. The van der Waals surface area contributed by atoms with Crippen molar-refractivity contribution in [3.05, 3.63) is 19.2 Å². The summed E-state index contributed by atoms with van der Waals surface area (Å²) in [4.78, 5) is 22.2. The molecule has 1 rings (SSSR count). The lowest BCUT2D eigenvalue weighted by Crippen LogP contribution is -2.24. The Balaban J connectivity index is 2.30. The number of hydrogen-bond acceptors (Lipinski definition) is 3. The van der Waals surface area contributed by atoms with Crippen molar-refractivity contribution in [1.82, 2.24) is 5.32 Å². The lowest BCUT2D eigenvalue weighted by atomic mass is 10.2. The molecular weight excluding hydrogens is 372 g/mol. The number of halogens is 2. The van der Waals surface area contributed by atoms with Gasteiger partial charge >= 0.3 is 0 Å². The minimum atomic E-state index is -0.305. The highest BCUT2D eigenvalue weighted by Crippen LogP contribution is 2.31. The van der Waals surface area contributed by atoms with Gasteiger partial charge in [-0.2, -0.15) is 0 Å². The summed E-state index contributed by atoms with van der Waals surface area (Å²) in [6.45, 7) is 0.548. The zero-order chi connectivity index (χ0) is 12.8. The molecule has 0 spiro atoms. The van der Waals surface area contributed by atoms with Gasteiger partial charge in [-0.1, -0.05) is 0 Å². The second kappa shape index (κ2) is 7.13. The number of hydrogen-bond donors (Lipinski definition) is 2. The zero-order valence-corrected chi connectivity index (χ0v) is 13.0. The topological polar surface area (TPSA) is 72.2 Å². The van der Waals surface area contributed by atoms with Crippen LogP contribution in [0, 0.1) is 0 Å². The second-order valence-corrected chi connectivity index (χ2v) is 7.17. The van der Waals surface area contributed by atoms with Crippen molar-refractivity contribution >= 4 is 55.0 Å². The third-order valence-electron chi connectivity index (χ3n) is 2.04. The Morgan fingerprint density at radius 3 is 2.59 bits per heavy atom. The van der Waals surface area contributed by atoms with E-state index in [1.807, 2.05) is 0 Å². The van der Waals surface area contributed by atoms with Crippen LogP contribution in [-0.4, -0.2) is 18.4 Å². The highest BCUT2D eigenvalue weighted by Gasteiger charge is 2.12. The number of amides is 2. The Labute approximate surface area is 120 Å². The van der Waals surface area contributed by atoms with Gasteiger partial charge in [-0.15, -0.1) is 11.3 Å². The summed E-state index contributed by atoms with van der Waals surface area (Å²) in [5, 5.41) is 2.79. The average molecular weight is 384 g/mol. The van der Waals surface area contributed by atoms with E-state index in [2.05, 4.69) is 37.2 Å². The van der Waals surface area contributed by atoms with E-state index in [0.717, 1.165) is 14.0 Å². The summed E-state index contributed by atoms with van der Waals surface area (Å²) in [5.41, 5.74) is 5.63. The Bertz CT molecular complexity index is 420. The molecule has 3 N–H and O–H groups in total. The van der Waals surface area contributed by atoms with E-state index in [0.29, 0.717) is 24.9 Å². The average Bonchev–Trinajstić information content (AvgIpc) is 2.56. The van der Waals surface area contributed by atoms with Gasteiger partial charge in [-0.3, -0.25) is 9.59 Å². The molecular formula is C10H12Br2N2O2S. The van der Waals surface area contributed by atoms with Crippen molar-refractivity contribution in [2.45, 2.75) is 19.3 Å². The van der Waals surface area contributed by atoms with Crippen molar-refractivity contribution in [2.75, 3.05) is 6.54 Å². The minimum Gasteiger partial charge on any atom is -0.370 e. The lowest BCUT2D eigenvalue weighted by molar-refractivity contribution is -0.118. The number of nitrogens with one attached hydrogen (secondary N) is 1.